The molecule has 9 heteroatoms. The number of hydrogen-bond acceptors (Lipinski definition) is 6. The van der Waals surface area contributed by atoms with Gasteiger partial charge in [0.15, 0.2) is 0 Å². The van der Waals surface area contributed by atoms with Crippen molar-refractivity contribution in [1.82, 2.24) is 25.1 Å². The lowest BCUT2D eigenvalue weighted by molar-refractivity contribution is -0.122. The first-order valence-electron chi connectivity index (χ1n) is 14.2. The Bertz CT molecular complexity index is 1470. The molecule has 41 heavy (non-hydrogen) atoms. The normalized spacial score (nSPS) is 23.0. The fraction of sp³-hybridized carbons (Fsp3) is 0.312. The zero-order chi connectivity index (χ0) is 28.1. The van der Waals surface area contributed by atoms with Crippen LogP contribution in [0.1, 0.15) is 62.7 Å². The summed E-state index contributed by atoms with van der Waals surface area (Å²) in [6.07, 6.45) is 2.32. The lowest BCUT2D eigenvalue weighted by atomic mass is 9.94. The van der Waals surface area contributed by atoms with Crippen LogP contribution in [0.15, 0.2) is 78.9 Å². The standard InChI is InChI=1S/C32H31N5O4/c38-28-15-16-35(32(41)33-28)37-30(39)26-14-11-21(17-27(26)31(37)40)18-34-19-24-12-13-25(20-34)36(24)29(22-7-3-1-4-8-22)23-9-5-2-6-10-23/h1-11,14,17,24-25,29H,12-13,15-16,18-20H2,(H,33,38,41). The van der Waals surface area contributed by atoms with Crippen molar-refractivity contribution in [3.8, 4) is 0 Å². The number of nitrogens with one attached hydrogen (secondary N) is 1. The van der Waals surface area contributed by atoms with Gasteiger partial charge in [0.25, 0.3) is 11.8 Å². The van der Waals surface area contributed by atoms with Crippen molar-refractivity contribution in [2.75, 3.05) is 19.6 Å². The topological polar surface area (TPSA) is 93.3 Å². The third-order valence-corrected chi connectivity index (χ3v) is 8.75. The van der Waals surface area contributed by atoms with Gasteiger partial charge in [-0.25, -0.2) is 9.80 Å². The number of nitrogens with zero attached hydrogens (tertiary/aromatic N) is 4. The number of carbonyl (C=O) groups excluding carboxylic acids is 4. The monoisotopic (exact) mass is 549 g/mol. The number of likely N-dealkylation sites (tertiary alicyclic amines) is 1. The van der Waals surface area contributed by atoms with E-state index in [9.17, 15) is 19.2 Å². The van der Waals surface area contributed by atoms with E-state index in [1.54, 1.807) is 12.1 Å². The van der Waals surface area contributed by atoms with Crippen molar-refractivity contribution in [1.29, 1.82) is 0 Å². The summed E-state index contributed by atoms with van der Waals surface area (Å²) in [5.41, 5.74) is 4.15. The van der Waals surface area contributed by atoms with Crippen LogP contribution in [0.4, 0.5) is 4.79 Å². The summed E-state index contributed by atoms with van der Waals surface area (Å²) in [4.78, 5) is 55.3. The summed E-state index contributed by atoms with van der Waals surface area (Å²) in [5.74, 6) is -1.49. The Morgan fingerprint density at radius 1 is 0.756 bits per heavy atom. The van der Waals surface area contributed by atoms with Gasteiger partial charge in [-0.15, -0.1) is 0 Å². The summed E-state index contributed by atoms with van der Waals surface area (Å²) in [5, 5.41) is 4.07. The minimum absolute atomic E-state index is 0.0109. The number of benzene rings is 3. The number of fused-ring (bicyclic) bond motifs is 3. The third-order valence-electron chi connectivity index (χ3n) is 8.75. The zero-order valence-electron chi connectivity index (χ0n) is 22.6. The molecule has 5 amide bonds. The molecule has 0 saturated carbocycles. The van der Waals surface area contributed by atoms with Gasteiger partial charge in [-0.1, -0.05) is 66.7 Å². The van der Waals surface area contributed by atoms with E-state index in [0.29, 0.717) is 24.2 Å². The van der Waals surface area contributed by atoms with Gasteiger partial charge in [-0.05, 0) is 41.7 Å². The van der Waals surface area contributed by atoms with Crippen molar-refractivity contribution >= 4 is 23.8 Å². The molecule has 2 unspecified atom stereocenters. The average Bonchev–Trinajstić information content (AvgIpc) is 3.37. The second kappa shape index (κ2) is 10.2. The molecule has 4 heterocycles. The van der Waals surface area contributed by atoms with E-state index in [2.05, 4.69) is 75.8 Å². The Labute approximate surface area is 238 Å². The smallest absolute Gasteiger partial charge is 0.296 e. The Morgan fingerprint density at radius 3 is 1.98 bits per heavy atom. The molecule has 7 rings (SSSR count). The molecule has 4 aliphatic heterocycles. The highest BCUT2D eigenvalue weighted by molar-refractivity contribution is 6.22. The second-order valence-corrected chi connectivity index (χ2v) is 11.3. The third kappa shape index (κ3) is 4.51. The van der Waals surface area contributed by atoms with Crippen LogP contribution in [0.3, 0.4) is 0 Å². The lowest BCUT2D eigenvalue weighted by Gasteiger charge is -2.45. The van der Waals surface area contributed by atoms with E-state index in [1.165, 1.54) is 11.1 Å². The summed E-state index contributed by atoms with van der Waals surface area (Å²) >= 11 is 0. The summed E-state index contributed by atoms with van der Waals surface area (Å²) < 4.78 is 0. The number of hydrazine groups is 1. The first kappa shape index (κ1) is 25.6. The van der Waals surface area contributed by atoms with Crippen LogP contribution in [0.5, 0.6) is 0 Å². The van der Waals surface area contributed by atoms with Gasteiger partial charge in [0.1, 0.15) is 0 Å². The Balaban J connectivity index is 1.09. The molecule has 0 aromatic heterocycles. The summed E-state index contributed by atoms with van der Waals surface area (Å²) in [6.45, 7) is 2.51. The largest absolute Gasteiger partial charge is 0.343 e. The number of rotatable bonds is 6. The maximum Gasteiger partial charge on any atom is 0.343 e. The van der Waals surface area contributed by atoms with Gasteiger partial charge in [-0.3, -0.25) is 29.5 Å². The van der Waals surface area contributed by atoms with Crippen LogP contribution in [-0.4, -0.2) is 75.3 Å². The quantitative estimate of drug-likeness (QED) is 0.473. The van der Waals surface area contributed by atoms with Crippen molar-refractivity contribution in [3.63, 3.8) is 0 Å². The van der Waals surface area contributed by atoms with Crippen LogP contribution in [0.2, 0.25) is 0 Å². The highest BCUT2D eigenvalue weighted by atomic mass is 16.2. The van der Waals surface area contributed by atoms with Crippen molar-refractivity contribution in [2.45, 2.75) is 43.9 Å². The molecule has 0 spiro atoms. The maximum atomic E-state index is 13.3. The number of urea groups is 1. The molecule has 1 N–H and O–H groups in total. The molecule has 4 aliphatic rings. The van der Waals surface area contributed by atoms with Crippen LogP contribution in [-0.2, 0) is 11.3 Å². The van der Waals surface area contributed by atoms with Gasteiger partial charge in [0, 0.05) is 38.1 Å². The first-order chi connectivity index (χ1) is 20.0. The Hall–Kier alpha value is -4.34. The van der Waals surface area contributed by atoms with Crippen LogP contribution in [0, 0.1) is 0 Å². The number of piperazine rings is 1. The fourth-order valence-electron chi connectivity index (χ4n) is 6.98. The van der Waals surface area contributed by atoms with E-state index in [4.69, 9.17) is 0 Å². The molecular formula is C32H31N5O4. The second-order valence-electron chi connectivity index (χ2n) is 11.3. The number of hydrogen-bond donors (Lipinski definition) is 1. The van der Waals surface area contributed by atoms with Gasteiger partial charge in [-0.2, -0.15) is 5.01 Å². The van der Waals surface area contributed by atoms with Crippen molar-refractivity contribution < 1.29 is 19.2 Å². The predicted molar refractivity (Wildman–Crippen MR) is 150 cm³/mol. The molecule has 3 aromatic carbocycles. The molecule has 3 fully saturated rings. The number of amides is 5. The van der Waals surface area contributed by atoms with Crippen LogP contribution < -0.4 is 5.32 Å². The predicted octanol–water partition coefficient (Wildman–Crippen LogP) is 3.58. The first-order valence-corrected chi connectivity index (χ1v) is 14.2. The van der Waals surface area contributed by atoms with E-state index in [1.807, 2.05) is 6.07 Å². The molecule has 0 radical (unpaired) electrons. The minimum Gasteiger partial charge on any atom is -0.296 e. The Kier molecular flexibility index (Phi) is 6.40. The fourth-order valence-corrected chi connectivity index (χ4v) is 6.98. The average molecular weight is 550 g/mol. The van der Waals surface area contributed by atoms with Gasteiger partial charge in [0.2, 0.25) is 5.91 Å². The van der Waals surface area contributed by atoms with Gasteiger partial charge in [0.05, 0.1) is 23.7 Å². The van der Waals surface area contributed by atoms with Gasteiger partial charge >= 0.3 is 6.03 Å². The molecule has 9 nitrogen and oxygen atoms in total. The zero-order valence-corrected chi connectivity index (χ0v) is 22.6. The van der Waals surface area contributed by atoms with E-state index >= 15 is 0 Å². The van der Waals surface area contributed by atoms with E-state index < -0.39 is 23.8 Å². The molecule has 2 atom stereocenters. The number of imide groups is 2. The van der Waals surface area contributed by atoms with Crippen molar-refractivity contribution in [3.05, 3.63) is 107 Å². The van der Waals surface area contributed by atoms with Gasteiger partial charge < -0.3 is 0 Å². The number of carbonyl (C=O) groups is 4. The molecule has 208 valence electrons. The minimum atomic E-state index is -0.756. The molecule has 2 bridgehead atoms. The SMILES string of the molecule is O=C1CCN(N2C(=O)c3ccc(CN4CC5CCC(C4)N5C(c4ccccc4)c4ccccc4)cc3C2=O)C(=O)N1. The highest BCUT2D eigenvalue weighted by Gasteiger charge is 2.45. The molecule has 0 aliphatic carbocycles. The molecule has 3 aromatic rings. The van der Waals surface area contributed by atoms with Crippen LogP contribution in [0.25, 0.3) is 0 Å². The van der Waals surface area contributed by atoms with Crippen molar-refractivity contribution in [2.24, 2.45) is 0 Å². The highest BCUT2D eigenvalue weighted by Crippen LogP contribution is 2.41. The lowest BCUT2D eigenvalue weighted by Crippen LogP contribution is -2.58. The maximum absolute atomic E-state index is 13.3. The molecule has 3 saturated heterocycles. The summed E-state index contributed by atoms with van der Waals surface area (Å²) in [7, 11) is 0. The van der Waals surface area contributed by atoms with E-state index in [0.717, 1.165) is 41.5 Å². The Morgan fingerprint density at radius 2 is 1.37 bits per heavy atom. The van der Waals surface area contributed by atoms with Crippen LogP contribution >= 0.6 is 0 Å². The summed E-state index contributed by atoms with van der Waals surface area (Å²) in [6, 6.07) is 27.1. The van der Waals surface area contributed by atoms with E-state index in [-0.39, 0.29) is 24.6 Å². The molecular weight excluding hydrogens is 518 g/mol.